The lowest BCUT2D eigenvalue weighted by atomic mass is 10.2. The fourth-order valence-corrected chi connectivity index (χ4v) is 1.07. The van der Waals surface area contributed by atoms with E-state index in [1.54, 1.807) is 11.6 Å². The number of carbonyl (C=O) groups excluding carboxylic acids is 1. The second-order valence-electron chi connectivity index (χ2n) is 3.09. The van der Waals surface area contributed by atoms with Crippen LogP contribution in [0.1, 0.15) is 12.6 Å². The highest BCUT2D eigenvalue weighted by atomic mass is 16.2. The average molecular weight is 182 g/mol. The smallest absolute Gasteiger partial charge is 0.238 e. The molecule has 0 bridgehead atoms. The average Bonchev–Trinajstić information content (AvgIpc) is 2.49. The number of nitrogens with zero attached hydrogens (tertiary/aromatic N) is 2. The van der Waals surface area contributed by atoms with E-state index in [1.807, 2.05) is 19.2 Å². The van der Waals surface area contributed by atoms with E-state index < -0.39 is 0 Å². The maximum Gasteiger partial charge on any atom is 0.238 e. The van der Waals surface area contributed by atoms with Crippen molar-refractivity contribution in [2.24, 2.45) is 11.8 Å². The highest BCUT2D eigenvalue weighted by Crippen LogP contribution is 2.00. The Morgan fingerprint density at radius 1 is 1.85 bits per heavy atom. The molecule has 5 heteroatoms. The number of nitrogens with one attached hydrogen (secondary N) is 1. The zero-order valence-electron chi connectivity index (χ0n) is 7.82. The van der Waals surface area contributed by atoms with Crippen LogP contribution in [-0.2, 0) is 11.3 Å². The molecule has 0 aliphatic heterocycles. The van der Waals surface area contributed by atoms with Crippen LogP contribution in [0.3, 0.4) is 0 Å². The first-order valence-electron chi connectivity index (χ1n) is 4.14. The highest BCUT2D eigenvalue weighted by molar-refractivity contribution is 5.77. The molecular formula is C8H14N4O. The van der Waals surface area contributed by atoms with Crippen LogP contribution in [0.2, 0.25) is 0 Å². The molecule has 13 heavy (non-hydrogen) atoms. The number of aromatic nitrogens is 2. The van der Waals surface area contributed by atoms with Gasteiger partial charge in [-0.25, -0.2) is 5.84 Å². The van der Waals surface area contributed by atoms with Crippen molar-refractivity contribution in [1.82, 2.24) is 15.2 Å². The second kappa shape index (κ2) is 4.04. The Morgan fingerprint density at radius 3 is 3.00 bits per heavy atom. The minimum absolute atomic E-state index is 0.163. The molecule has 1 amide bonds. The molecule has 0 saturated heterocycles. The topological polar surface area (TPSA) is 72.9 Å². The molecule has 0 aromatic carbocycles. The lowest BCUT2D eigenvalue weighted by Gasteiger charge is -2.08. The van der Waals surface area contributed by atoms with Gasteiger partial charge in [-0.3, -0.25) is 14.9 Å². The van der Waals surface area contributed by atoms with Gasteiger partial charge in [-0.1, -0.05) is 6.92 Å². The first-order chi connectivity index (χ1) is 6.13. The molecule has 0 aliphatic carbocycles. The molecule has 0 aliphatic rings. The molecule has 0 spiro atoms. The fraction of sp³-hybridized carbons (Fsp3) is 0.500. The predicted octanol–water partition coefficient (Wildman–Crippen LogP) is -0.182. The first kappa shape index (κ1) is 9.73. The Labute approximate surface area is 76.9 Å². The third-order valence-corrected chi connectivity index (χ3v) is 1.82. The summed E-state index contributed by atoms with van der Waals surface area (Å²) in [5.41, 5.74) is 3.06. The van der Waals surface area contributed by atoms with Gasteiger partial charge in [-0.05, 0) is 13.0 Å². The van der Waals surface area contributed by atoms with Crippen LogP contribution in [0, 0.1) is 12.8 Å². The molecule has 1 rings (SSSR count). The van der Waals surface area contributed by atoms with Crippen LogP contribution in [0.15, 0.2) is 12.3 Å². The van der Waals surface area contributed by atoms with E-state index in [-0.39, 0.29) is 11.8 Å². The van der Waals surface area contributed by atoms with Crippen molar-refractivity contribution in [3.63, 3.8) is 0 Å². The van der Waals surface area contributed by atoms with Gasteiger partial charge in [0.05, 0.1) is 18.2 Å². The van der Waals surface area contributed by atoms with Gasteiger partial charge >= 0.3 is 0 Å². The van der Waals surface area contributed by atoms with Crippen molar-refractivity contribution in [2.75, 3.05) is 0 Å². The third kappa shape index (κ3) is 2.55. The van der Waals surface area contributed by atoms with E-state index in [0.29, 0.717) is 6.54 Å². The number of rotatable bonds is 3. The molecule has 0 fully saturated rings. The van der Waals surface area contributed by atoms with Crippen molar-refractivity contribution >= 4 is 5.91 Å². The SMILES string of the molecule is Cc1ccn(CC(C)C(=O)NN)n1. The van der Waals surface area contributed by atoms with E-state index in [1.165, 1.54) is 0 Å². The molecule has 1 atom stereocenters. The molecule has 3 N–H and O–H groups in total. The van der Waals surface area contributed by atoms with Crippen molar-refractivity contribution < 1.29 is 4.79 Å². The number of amides is 1. The van der Waals surface area contributed by atoms with Gasteiger partial charge in [0, 0.05) is 6.20 Å². The van der Waals surface area contributed by atoms with Crippen LogP contribution in [-0.4, -0.2) is 15.7 Å². The molecule has 72 valence electrons. The lowest BCUT2D eigenvalue weighted by molar-refractivity contribution is -0.125. The van der Waals surface area contributed by atoms with Gasteiger partial charge in [0.15, 0.2) is 0 Å². The summed E-state index contributed by atoms with van der Waals surface area (Å²) in [6.07, 6.45) is 1.84. The quantitative estimate of drug-likeness (QED) is 0.387. The number of carbonyl (C=O) groups is 1. The summed E-state index contributed by atoms with van der Waals surface area (Å²) in [4.78, 5) is 11.0. The summed E-state index contributed by atoms with van der Waals surface area (Å²) in [5, 5.41) is 4.16. The predicted molar refractivity (Wildman–Crippen MR) is 48.5 cm³/mol. The summed E-state index contributed by atoms with van der Waals surface area (Å²) < 4.78 is 1.73. The Kier molecular flexibility index (Phi) is 3.02. The molecule has 0 radical (unpaired) electrons. The minimum atomic E-state index is -0.173. The van der Waals surface area contributed by atoms with Gasteiger partial charge in [-0.15, -0.1) is 0 Å². The summed E-state index contributed by atoms with van der Waals surface area (Å²) in [5.74, 6) is 4.67. The number of aryl methyl sites for hydroxylation is 1. The molecule has 5 nitrogen and oxygen atoms in total. The van der Waals surface area contributed by atoms with E-state index in [2.05, 4.69) is 10.5 Å². The van der Waals surface area contributed by atoms with Crippen molar-refractivity contribution in [1.29, 1.82) is 0 Å². The van der Waals surface area contributed by atoms with Gasteiger partial charge < -0.3 is 0 Å². The third-order valence-electron chi connectivity index (χ3n) is 1.82. The molecule has 1 aromatic heterocycles. The van der Waals surface area contributed by atoms with Crippen molar-refractivity contribution in [3.05, 3.63) is 18.0 Å². The number of hydrazine groups is 1. The van der Waals surface area contributed by atoms with E-state index in [9.17, 15) is 4.79 Å². The first-order valence-corrected chi connectivity index (χ1v) is 4.14. The summed E-state index contributed by atoms with van der Waals surface area (Å²) >= 11 is 0. The minimum Gasteiger partial charge on any atom is -0.294 e. The van der Waals surface area contributed by atoms with E-state index in [4.69, 9.17) is 5.84 Å². The maximum atomic E-state index is 11.0. The molecule has 1 heterocycles. The Hall–Kier alpha value is -1.36. The zero-order valence-corrected chi connectivity index (χ0v) is 7.82. The van der Waals surface area contributed by atoms with Crippen LogP contribution >= 0.6 is 0 Å². The number of hydrogen-bond acceptors (Lipinski definition) is 3. The van der Waals surface area contributed by atoms with Crippen LogP contribution < -0.4 is 11.3 Å². The largest absolute Gasteiger partial charge is 0.294 e. The Morgan fingerprint density at radius 2 is 2.54 bits per heavy atom. The Bertz CT molecular complexity index is 294. The summed E-state index contributed by atoms with van der Waals surface area (Å²) in [7, 11) is 0. The monoisotopic (exact) mass is 182 g/mol. The second-order valence-corrected chi connectivity index (χ2v) is 3.09. The maximum absolute atomic E-state index is 11.0. The normalized spacial score (nSPS) is 12.5. The van der Waals surface area contributed by atoms with Crippen LogP contribution in [0.4, 0.5) is 0 Å². The van der Waals surface area contributed by atoms with E-state index >= 15 is 0 Å². The van der Waals surface area contributed by atoms with Crippen molar-refractivity contribution in [3.8, 4) is 0 Å². The standard InChI is InChI=1S/C8H14N4O/c1-6(8(13)10-9)5-12-4-3-7(2)11-12/h3-4,6H,5,9H2,1-2H3,(H,10,13). The molecule has 1 aromatic rings. The van der Waals surface area contributed by atoms with E-state index in [0.717, 1.165) is 5.69 Å². The highest BCUT2D eigenvalue weighted by Gasteiger charge is 2.11. The Balaban J connectivity index is 2.54. The molecule has 1 unspecified atom stereocenters. The summed E-state index contributed by atoms with van der Waals surface area (Å²) in [6.45, 7) is 4.26. The lowest BCUT2D eigenvalue weighted by Crippen LogP contribution is -2.36. The van der Waals surface area contributed by atoms with Crippen molar-refractivity contribution in [2.45, 2.75) is 20.4 Å². The van der Waals surface area contributed by atoms with Crippen LogP contribution in [0.25, 0.3) is 0 Å². The van der Waals surface area contributed by atoms with Gasteiger partial charge in [0.25, 0.3) is 0 Å². The fourth-order valence-electron chi connectivity index (χ4n) is 1.07. The molecular weight excluding hydrogens is 168 g/mol. The zero-order chi connectivity index (χ0) is 9.84. The molecule has 0 saturated carbocycles. The number of hydrogen-bond donors (Lipinski definition) is 2. The number of nitrogens with two attached hydrogens (primary N) is 1. The van der Waals surface area contributed by atoms with Gasteiger partial charge in [-0.2, -0.15) is 5.10 Å². The van der Waals surface area contributed by atoms with Crippen LogP contribution in [0.5, 0.6) is 0 Å². The van der Waals surface area contributed by atoms with Gasteiger partial charge in [0.1, 0.15) is 0 Å². The van der Waals surface area contributed by atoms with Gasteiger partial charge in [0.2, 0.25) is 5.91 Å². The summed E-state index contributed by atoms with van der Waals surface area (Å²) in [6, 6.07) is 1.90.